The maximum Gasteiger partial charge on any atom is 0.331 e. The summed E-state index contributed by atoms with van der Waals surface area (Å²) in [4.78, 5) is 26.1. The van der Waals surface area contributed by atoms with Crippen molar-refractivity contribution in [1.29, 1.82) is 0 Å². The number of ketones is 1. The summed E-state index contributed by atoms with van der Waals surface area (Å²) in [7, 11) is 1.94. The van der Waals surface area contributed by atoms with E-state index in [2.05, 4.69) is 0 Å². The molecule has 0 aliphatic rings. The minimum absolute atomic E-state index is 0.224. The van der Waals surface area contributed by atoms with Gasteiger partial charge in [-0.1, -0.05) is 54.6 Å². The highest BCUT2D eigenvalue weighted by molar-refractivity contribution is 7.10. The third kappa shape index (κ3) is 3.91. The second-order valence-corrected chi connectivity index (χ2v) is 7.52. The number of benzene rings is 2. The molecule has 4 aromatic rings. The Balaban J connectivity index is 1.63. The number of hydrogen-bond donors (Lipinski definition) is 0. The van der Waals surface area contributed by atoms with Gasteiger partial charge in [0.15, 0.2) is 6.61 Å². The molecule has 0 N–H and O–H groups in total. The molecule has 0 unspecified atom stereocenters. The van der Waals surface area contributed by atoms with Crippen LogP contribution in [-0.4, -0.2) is 22.9 Å². The van der Waals surface area contributed by atoms with Crippen molar-refractivity contribution >= 4 is 40.1 Å². The lowest BCUT2D eigenvalue weighted by Crippen LogP contribution is -2.13. The Bertz CT molecular complexity index is 1190. The Labute approximate surface area is 172 Å². The third-order valence-electron chi connectivity index (χ3n) is 4.71. The number of aryl methyl sites for hydroxylation is 1. The maximum atomic E-state index is 13.1. The number of hydrogen-bond acceptors (Lipinski definition) is 4. The van der Waals surface area contributed by atoms with Crippen LogP contribution >= 0.6 is 11.3 Å². The van der Waals surface area contributed by atoms with Crippen molar-refractivity contribution in [2.45, 2.75) is 0 Å². The molecule has 0 bridgehead atoms. The van der Waals surface area contributed by atoms with Gasteiger partial charge in [0, 0.05) is 28.9 Å². The van der Waals surface area contributed by atoms with E-state index in [1.165, 1.54) is 17.4 Å². The molecule has 144 valence electrons. The minimum Gasteiger partial charge on any atom is -0.454 e. The van der Waals surface area contributed by atoms with Gasteiger partial charge in [0.05, 0.1) is 11.3 Å². The number of ether oxygens (including phenoxy) is 1. The molecule has 5 heteroatoms. The van der Waals surface area contributed by atoms with Crippen molar-refractivity contribution in [1.82, 2.24) is 4.57 Å². The molecule has 0 amide bonds. The van der Waals surface area contributed by atoms with Crippen molar-refractivity contribution in [2.24, 2.45) is 7.05 Å². The smallest absolute Gasteiger partial charge is 0.331 e. The highest BCUT2D eigenvalue weighted by Crippen LogP contribution is 2.33. The van der Waals surface area contributed by atoms with Gasteiger partial charge in [0.1, 0.15) is 0 Å². The first-order chi connectivity index (χ1) is 14.1. The van der Waals surface area contributed by atoms with Gasteiger partial charge in [-0.05, 0) is 29.2 Å². The van der Waals surface area contributed by atoms with E-state index in [0.717, 1.165) is 27.0 Å². The summed E-state index contributed by atoms with van der Waals surface area (Å²) < 4.78 is 7.24. The lowest BCUT2D eigenvalue weighted by Gasteiger charge is -2.08. The van der Waals surface area contributed by atoms with E-state index < -0.39 is 5.97 Å². The van der Waals surface area contributed by atoms with Crippen LogP contribution in [-0.2, 0) is 16.6 Å². The van der Waals surface area contributed by atoms with E-state index in [4.69, 9.17) is 4.74 Å². The average molecular weight is 401 g/mol. The van der Waals surface area contributed by atoms with Gasteiger partial charge in [-0.25, -0.2) is 4.79 Å². The molecule has 0 fully saturated rings. The van der Waals surface area contributed by atoms with Gasteiger partial charge < -0.3 is 9.30 Å². The largest absolute Gasteiger partial charge is 0.454 e. The standard InChI is InChI=1S/C24H19NO3S/c1-25-20-12-6-5-11-19(20)23(24(25)17-8-3-2-4-9-17)21(26)16-28-22(27)14-13-18-10-7-15-29-18/h2-15H,16H2,1H3. The highest BCUT2D eigenvalue weighted by atomic mass is 32.1. The number of carbonyl (C=O) groups excluding carboxylic acids is 2. The van der Waals surface area contributed by atoms with E-state index in [1.54, 1.807) is 6.08 Å². The van der Waals surface area contributed by atoms with Crippen molar-refractivity contribution in [3.05, 3.63) is 88.6 Å². The topological polar surface area (TPSA) is 48.3 Å². The number of para-hydroxylation sites is 1. The lowest BCUT2D eigenvalue weighted by atomic mass is 10.0. The molecule has 0 radical (unpaired) electrons. The molecule has 4 nitrogen and oxygen atoms in total. The van der Waals surface area contributed by atoms with E-state index in [-0.39, 0.29) is 12.4 Å². The zero-order valence-electron chi connectivity index (χ0n) is 15.9. The molecule has 4 rings (SSSR count). The van der Waals surface area contributed by atoms with Crippen LogP contribution in [0.5, 0.6) is 0 Å². The Morgan fingerprint density at radius 3 is 2.52 bits per heavy atom. The Hall–Kier alpha value is -3.44. The summed E-state index contributed by atoms with van der Waals surface area (Å²) in [5.74, 6) is -0.758. The first kappa shape index (κ1) is 18.9. The van der Waals surface area contributed by atoms with E-state index in [9.17, 15) is 9.59 Å². The van der Waals surface area contributed by atoms with Crippen molar-refractivity contribution in [3.63, 3.8) is 0 Å². The number of nitrogens with zero attached hydrogens (tertiary/aromatic N) is 1. The van der Waals surface area contributed by atoms with Crippen LogP contribution in [0.3, 0.4) is 0 Å². The zero-order chi connectivity index (χ0) is 20.2. The second-order valence-electron chi connectivity index (χ2n) is 6.55. The number of aromatic nitrogens is 1. The maximum absolute atomic E-state index is 13.1. The Kier molecular flexibility index (Phi) is 5.40. The van der Waals surface area contributed by atoms with Gasteiger partial charge in [0.25, 0.3) is 0 Å². The quantitative estimate of drug-likeness (QED) is 0.249. The van der Waals surface area contributed by atoms with Crippen LogP contribution in [0, 0.1) is 0 Å². The van der Waals surface area contributed by atoms with E-state index in [0.29, 0.717) is 5.56 Å². The number of Topliss-reactive ketones (excluding diaryl/α,β-unsaturated/α-hetero) is 1. The molecule has 0 saturated carbocycles. The fraction of sp³-hybridized carbons (Fsp3) is 0.0833. The average Bonchev–Trinajstić information content (AvgIpc) is 3.38. The van der Waals surface area contributed by atoms with Crippen molar-refractivity contribution in [2.75, 3.05) is 6.61 Å². The summed E-state index contributed by atoms with van der Waals surface area (Å²) in [5, 5.41) is 2.78. The monoisotopic (exact) mass is 401 g/mol. The molecule has 0 saturated heterocycles. The number of esters is 1. The molecule has 2 aromatic carbocycles. The summed E-state index contributed by atoms with van der Waals surface area (Å²) in [6.07, 6.45) is 3.03. The normalized spacial score (nSPS) is 11.2. The van der Waals surface area contributed by atoms with Gasteiger partial charge in [0.2, 0.25) is 5.78 Å². The number of thiophene rings is 1. The van der Waals surface area contributed by atoms with Crippen LogP contribution in [0.2, 0.25) is 0 Å². The van der Waals surface area contributed by atoms with Crippen molar-refractivity contribution in [3.8, 4) is 11.3 Å². The SMILES string of the molecule is Cn1c(-c2ccccc2)c(C(=O)COC(=O)C=Cc2cccs2)c2ccccc21. The predicted molar refractivity (Wildman–Crippen MR) is 117 cm³/mol. The van der Waals surface area contributed by atoms with Gasteiger partial charge >= 0.3 is 5.97 Å². The fourth-order valence-corrected chi connectivity index (χ4v) is 4.02. The molecule has 0 aliphatic carbocycles. The van der Waals surface area contributed by atoms with Gasteiger partial charge in [-0.3, -0.25) is 4.79 Å². The molecular formula is C24H19NO3S. The summed E-state index contributed by atoms with van der Waals surface area (Å²) >= 11 is 1.53. The molecule has 2 heterocycles. The van der Waals surface area contributed by atoms with Crippen LogP contribution in [0.1, 0.15) is 15.2 Å². The first-order valence-electron chi connectivity index (χ1n) is 9.19. The van der Waals surface area contributed by atoms with Crippen LogP contribution in [0.4, 0.5) is 0 Å². The fourth-order valence-electron chi connectivity index (χ4n) is 3.40. The predicted octanol–water partition coefficient (Wildman–Crippen LogP) is 5.35. The van der Waals surface area contributed by atoms with E-state index in [1.807, 2.05) is 83.7 Å². The lowest BCUT2D eigenvalue weighted by molar-refractivity contribution is -0.136. The molecule has 2 aromatic heterocycles. The highest BCUT2D eigenvalue weighted by Gasteiger charge is 2.22. The number of carbonyl (C=O) groups is 2. The van der Waals surface area contributed by atoms with Gasteiger partial charge in [-0.15, -0.1) is 11.3 Å². The third-order valence-corrected chi connectivity index (χ3v) is 5.54. The van der Waals surface area contributed by atoms with Crippen LogP contribution in [0.25, 0.3) is 28.2 Å². The second kappa shape index (κ2) is 8.29. The molecular weight excluding hydrogens is 382 g/mol. The molecule has 0 spiro atoms. The van der Waals surface area contributed by atoms with Gasteiger partial charge in [-0.2, -0.15) is 0 Å². The van der Waals surface area contributed by atoms with Crippen LogP contribution < -0.4 is 0 Å². The van der Waals surface area contributed by atoms with Crippen LogP contribution in [0.15, 0.2) is 78.2 Å². The number of fused-ring (bicyclic) bond motifs is 1. The molecule has 29 heavy (non-hydrogen) atoms. The Morgan fingerprint density at radius 1 is 1.00 bits per heavy atom. The van der Waals surface area contributed by atoms with E-state index >= 15 is 0 Å². The Morgan fingerprint density at radius 2 is 1.76 bits per heavy atom. The summed E-state index contributed by atoms with van der Waals surface area (Å²) in [6, 6.07) is 21.3. The molecule has 0 atom stereocenters. The van der Waals surface area contributed by atoms with Crippen molar-refractivity contribution < 1.29 is 14.3 Å². The first-order valence-corrected chi connectivity index (χ1v) is 10.1. The summed E-state index contributed by atoms with van der Waals surface area (Å²) in [6.45, 7) is -0.304. The minimum atomic E-state index is -0.534. The number of rotatable bonds is 6. The summed E-state index contributed by atoms with van der Waals surface area (Å²) in [5.41, 5.74) is 3.29. The zero-order valence-corrected chi connectivity index (χ0v) is 16.7. The molecule has 0 aliphatic heterocycles.